The molecule has 0 saturated heterocycles. The largest absolute Gasteiger partial charge is 0.399 e. The van der Waals surface area contributed by atoms with Gasteiger partial charge >= 0.3 is 0 Å². The SMILES string of the molecule is CON=C(Cc1ccc(C)cc1)CC1CCc2sc(NC(=O)C3CC3)c(C(=O)CCC3CC3)c2C1. The van der Waals surface area contributed by atoms with Crippen LogP contribution in [0.25, 0.3) is 0 Å². The number of thiophene rings is 1. The van der Waals surface area contributed by atoms with Gasteiger partial charge in [-0.3, -0.25) is 9.59 Å². The van der Waals surface area contributed by atoms with Gasteiger partial charge in [-0.25, -0.2) is 0 Å². The molecule has 1 unspecified atom stereocenters. The molecule has 35 heavy (non-hydrogen) atoms. The first-order valence-electron chi connectivity index (χ1n) is 13.1. The van der Waals surface area contributed by atoms with E-state index in [0.717, 1.165) is 73.6 Å². The molecule has 1 amide bonds. The molecule has 0 aliphatic heterocycles. The number of aryl methyl sites for hydroxylation is 2. The fraction of sp³-hybridized carbons (Fsp3) is 0.552. The molecule has 3 aliphatic rings. The number of ketones is 1. The number of rotatable bonds is 11. The number of hydrogen-bond acceptors (Lipinski definition) is 5. The Bertz CT molecular complexity index is 1110. The summed E-state index contributed by atoms with van der Waals surface area (Å²) in [5.74, 6) is 1.57. The zero-order valence-electron chi connectivity index (χ0n) is 20.9. The quantitative estimate of drug-likeness (QED) is 0.221. The average Bonchev–Trinajstić information content (AvgIpc) is 3.76. The molecule has 2 fully saturated rings. The smallest absolute Gasteiger partial charge is 0.228 e. The van der Waals surface area contributed by atoms with E-state index in [0.29, 0.717) is 12.3 Å². The summed E-state index contributed by atoms with van der Waals surface area (Å²) in [6.45, 7) is 2.10. The lowest BCUT2D eigenvalue weighted by Crippen LogP contribution is -2.20. The lowest BCUT2D eigenvalue weighted by molar-refractivity contribution is -0.117. The van der Waals surface area contributed by atoms with Crippen molar-refractivity contribution in [1.82, 2.24) is 0 Å². The van der Waals surface area contributed by atoms with Crippen LogP contribution in [0, 0.1) is 24.7 Å². The normalized spacial score (nSPS) is 19.8. The maximum Gasteiger partial charge on any atom is 0.228 e. The molecule has 0 spiro atoms. The molecular weight excluding hydrogens is 456 g/mol. The summed E-state index contributed by atoms with van der Waals surface area (Å²) in [5.41, 5.74) is 5.53. The van der Waals surface area contributed by atoms with Crippen LogP contribution in [0.4, 0.5) is 5.00 Å². The third kappa shape index (κ3) is 6.21. The van der Waals surface area contributed by atoms with E-state index in [4.69, 9.17) is 4.84 Å². The van der Waals surface area contributed by atoms with E-state index in [1.54, 1.807) is 18.4 Å². The van der Waals surface area contributed by atoms with Crippen LogP contribution in [-0.2, 0) is 28.9 Å². The number of nitrogens with one attached hydrogen (secondary N) is 1. The van der Waals surface area contributed by atoms with Crippen molar-refractivity contribution in [3.63, 3.8) is 0 Å². The van der Waals surface area contributed by atoms with Gasteiger partial charge in [-0.15, -0.1) is 11.3 Å². The number of carbonyl (C=O) groups is 2. The monoisotopic (exact) mass is 492 g/mol. The Labute approximate surface area is 212 Å². The Morgan fingerprint density at radius 2 is 1.86 bits per heavy atom. The van der Waals surface area contributed by atoms with Crippen molar-refractivity contribution in [2.75, 3.05) is 12.4 Å². The lowest BCUT2D eigenvalue weighted by Gasteiger charge is -2.23. The van der Waals surface area contributed by atoms with E-state index in [2.05, 4.69) is 41.7 Å². The van der Waals surface area contributed by atoms with E-state index in [1.165, 1.54) is 34.4 Å². The molecular formula is C29H36N2O3S. The van der Waals surface area contributed by atoms with E-state index < -0.39 is 0 Å². The van der Waals surface area contributed by atoms with Gasteiger partial charge in [-0.2, -0.15) is 0 Å². The molecule has 0 bridgehead atoms. The Hall–Kier alpha value is -2.47. The average molecular weight is 493 g/mol. The summed E-state index contributed by atoms with van der Waals surface area (Å²) in [5, 5.41) is 8.32. The van der Waals surface area contributed by atoms with Gasteiger partial charge in [0.2, 0.25) is 5.91 Å². The predicted molar refractivity (Wildman–Crippen MR) is 141 cm³/mol. The highest BCUT2D eigenvalue weighted by atomic mass is 32.1. The number of carbonyl (C=O) groups excluding carboxylic acids is 2. The van der Waals surface area contributed by atoms with Gasteiger partial charge in [-0.1, -0.05) is 47.8 Å². The number of benzene rings is 1. The molecule has 2 saturated carbocycles. The molecule has 186 valence electrons. The van der Waals surface area contributed by atoms with Crippen LogP contribution in [0.5, 0.6) is 0 Å². The molecule has 5 rings (SSSR count). The number of hydrogen-bond donors (Lipinski definition) is 1. The second-order valence-electron chi connectivity index (χ2n) is 10.7. The maximum absolute atomic E-state index is 13.4. The lowest BCUT2D eigenvalue weighted by atomic mass is 9.81. The van der Waals surface area contributed by atoms with Crippen LogP contribution in [0.15, 0.2) is 29.4 Å². The summed E-state index contributed by atoms with van der Waals surface area (Å²) in [6.07, 6.45) is 10.5. The number of anilines is 1. The molecule has 3 aliphatic carbocycles. The van der Waals surface area contributed by atoms with Gasteiger partial charge in [0, 0.05) is 23.6 Å². The summed E-state index contributed by atoms with van der Waals surface area (Å²) >= 11 is 1.64. The maximum atomic E-state index is 13.4. The molecule has 1 heterocycles. The van der Waals surface area contributed by atoms with E-state index in [9.17, 15) is 9.59 Å². The van der Waals surface area contributed by atoms with Gasteiger partial charge in [0.25, 0.3) is 0 Å². The van der Waals surface area contributed by atoms with Crippen molar-refractivity contribution in [2.24, 2.45) is 22.9 Å². The van der Waals surface area contributed by atoms with Crippen molar-refractivity contribution in [3.8, 4) is 0 Å². The van der Waals surface area contributed by atoms with Gasteiger partial charge in [0.15, 0.2) is 5.78 Å². The topological polar surface area (TPSA) is 67.8 Å². The molecule has 1 N–H and O–H groups in total. The Kier molecular flexibility index (Phi) is 7.37. The highest BCUT2D eigenvalue weighted by Gasteiger charge is 2.34. The van der Waals surface area contributed by atoms with Crippen molar-refractivity contribution >= 4 is 33.7 Å². The van der Waals surface area contributed by atoms with Crippen LogP contribution in [0.3, 0.4) is 0 Å². The third-order valence-electron chi connectivity index (χ3n) is 7.58. The number of amides is 1. The highest BCUT2D eigenvalue weighted by Crippen LogP contribution is 2.43. The predicted octanol–water partition coefficient (Wildman–Crippen LogP) is 6.52. The number of fused-ring (bicyclic) bond motifs is 1. The van der Waals surface area contributed by atoms with E-state index in [1.807, 2.05) is 0 Å². The molecule has 1 aromatic carbocycles. The second kappa shape index (κ2) is 10.7. The van der Waals surface area contributed by atoms with Gasteiger partial charge in [-0.05, 0) is 74.8 Å². The molecule has 1 aromatic heterocycles. The highest BCUT2D eigenvalue weighted by molar-refractivity contribution is 7.17. The Morgan fingerprint density at radius 1 is 1.09 bits per heavy atom. The van der Waals surface area contributed by atoms with E-state index >= 15 is 0 Å². The third-order valence-corrected chi connectivity index (χ3v) is 8.78. The fourth-order valence-corrected chi connectivity index (χ4v) is 6.45. The van der Waals surface area contributed by atoms with Crippen LogP contribution >= 0.6 is 11.3 Å². The zero-order valence-corrected chi connectivity index (χ0v) is 21.7. The molecule has 0 radical (unpaired) electrons. The molecule has 1 atom stereocenters. The number of nitrogens with zero attached hydrogens (tertiary/aromatic N) is 1. The first-order valence-corrected chi connectivity index (χ1v) is 13.9. The zero-order chi connectivity index (χ0) is 24.4. The Balaban J connectivity index is 1.33. The first-order chi connectivity index (χ1) is 17.0. The summed E-state index contributed by atoms with van der Waals surface area (Å²) < 4.78 is 0. The van der Waals surface area contributed by atoms with Crippen molar-refractivity contribution in [3.05, 3.63) is 51.4 Å². The van der Waals surface area contributed by atoms with Gasteiger partial charge in [0.1, 0.15) is 12.1 Å². The van der Waals surface area contributed by atoms with Gasteiger partial charge in [0.05, 0.1) is 11.3 Å². The summed E-state index contributed by atoms with van der Waals surface area (Å²) in [6, 6.07) is 8.58. The minimum absolute atomic E-state index is 0.0870. The van der Waals surface area contributed by atoms with Gasteiger partial charge < -0.3 is 10.2 Å². The standard InChI is InChI=1S/C29H36N2O3S/c1-18-3-5-20(6-4-18)15-23(31-34-2)16-21-10-14-26-24(17-21)27(25(32)13-9-19-7-8-19)29(35-26)30-28(33)22-11-12-22/h3-6,19,21-22H,7-17H2,1-2H3,(H,30,33). The van der Waals surface area contributed by atoms with Crippen LogP contribution in [0.2, 0.25) is 0 Å². The second-order valence-corrected chi connectivity index (χ2v) is 11.8. The summed E-state index contributed by atoms with van der Waals surface area (Å²) in [4.78, 5) is 32.5. The van der Waals surface area contributed by atoms with Crippen LogP contribution in [0.1, 0.15) is 83.3 Å². The summed E-state index contributed by atoms with van der Waals surface area (Å²) in [7, 11) is 1.61. The number of Topliss-reactive ketones (excluding diaryl/α,β-unsaturated/α-hetero) is 1. The molecule has 5 nitrogen and oxygen atoms in total. The van der Waals surface area contributed by atoms with Crippen molar-refractivity contribution < 1.29 is 14.4 Å². The van der Waals surface area contributed by atoms with E-state index in [-0.39, 0.29) is 17.6 Å². The van der Waals surface area contributed by atoms with Crippen molar-refractivity contribution in [1.29, 1.82) is 0 Å². The Morgan fingerprint density at radius 3 is 2.54 bits per heavy atom. The molecule has 2 aromatic rings. The minimum atomic E-state index is 0.0870. The van der Waals surface area contributed by atoms with Crippen molar-refractivity contribution in [2.45, 2.75) is 77.6 Å². The fourth-order valence-electron chi connectivity index (χ4n) is 5.19. The minimum Gasteiger partial charge on any atom is -0.399 e. The first kappa shape index (κ1) is 24.2. The molecule has 6 heteroatoms. The van der Waals surface area contributed by atoms with Crippen LogP contribution in [-0.4, -0.2) is 24.5 Å². The van der Waals surface area contributed by atoms with Crippen LogP contribution < -0.4 is 5.32 Å². The number of oxime groups is 1.